The molecule has 1 aromatic heterocycles. The van der Waals surface area contributed by atoms with Gasteiger partial charge in [0.05, 0.1) is 0 Å². The van der Waals surface area contributed by atoms with E-state index in [2.05, 4.69) is 4.98 Å². The Morgan fingerprint density at radius 1 is 1.71 bits per heavy atom. The molecule has 0 fully saturated rings. The van der Waals surface area contributed by atoms with Gasteiger partial charge in [-0.05, 0) is 12.1 Å². The quantitative estimate of drug-likeness (QED) is 0.742. The lowest BCUT2D eigenvalue weighted by Crippen LogP contribution is -2.32. The van der Waals surface area contributed by atoms with E-state index in [1.54, 1.807) is 29.1 Å². The summed E-state index contributed by atoms with van der Waals surface area (Å²) in [6.45, 7) is -0.246. The third-order valence-corrected chi connectivity index (χ3v) is 2.87. The number of ether oxygens (including phenoxy) is 1. The lowest BCUT2D eigenvalue weighted by molar-refractivity contribution is 0.0126. The van der Waals surface area contributed by atoms with E-state index in [4.69, 9.17) is 18.6 Å². The number of nitrogens with zero attached hydrogens (tertiary/aromatic N) is 2. The van der Waals surface area contributed by atoms with Gasteiger partial charge in [0.2, 0.25) is 6.23 Å². The van der Waals surface area contributed by atoms with E-state index >= 15 is 0 Å². The molecule has 1 aliphatic heterocycles. The second kappa shape index (κ2) is 5.02. The molecule has 0 amide bonds. The van der Waals surface area contributed by atoms with Crippen LogP contribution in [0.3, 0.4) is 0 Å². The fraction of sp³-hybridized carbons (Fsp3) is 0.333. The second-order valence-electron chi connectivity index (χ2n) is 3.40. The number of aliphatic hydroxyl groups is 1. The van der Waals surface area contributed by atoms with E-state index < -0.39 is 18.0 Å². The van der Waals surface area contributed by atoms with Gasteiger partial charge in [-0.15, -0.1) is 0 Å². The van der Waals surface area contributed by atoms with Gasteiger partial charge >= 0.3 is 5.69 Å². The Hall–Kier alpha value is -1.13. The van der Waals surface area contributed by atoms with Gasteiger partial charge in [0, 0.05) is 6.20 Å². The molecule has 17 heavy (non-hydrogen) atoms. The number of aromatic nitrogens is 2. The molecule has 0 aliphatic carbocycles. The van der Waals surface area contributed by atoms with Crippen molar-refractivity contribution in [2.24, 2.45) is 0 Å². The Morgan fingerprint density at radius 2 is 2.47 bits per heavy atom. The van der Waals surface area contributed by atoms with Crippen molar-refractivity contribution in [1.82, 2.24) is 9.55 Å². The van der Waals surface area contributed by atoms with Gasteiger partial charge < -0.3 is 18.6 Å². The zero-order valence-electron chi connectivity index (χ0n) is 8.62. The minimum absolute atomic E-state index is 0.145. The van der Waals surface area contributed by atoms with Crippen molar-refractivity contribution < 1.29 is 12.9 Å². The van der Waals surface area contributed by atoms with Gasteiger partial charge in [0.1, 0.15) is 47.3 Å². The van der Waals surface area contributed by atoms with E-state index in [-0.39, 0.29) is 12.4 Å². The first kappa shape index (κ1) is 12.3. The first-order valence-corrected chi connectivity index (χ1v) is 5.64. The minimum atomic E-state index is -0.672. The summed E-state index contributed by atoms with van der Waals surface area (Å²) >= 11 is 1.71. The molecule has 92 valence electrons. The number of halogens is 1. The summed E-state index contributed by atoms with van der Waals surface area (Å²) in [6, 6.07) is 1.49. The number of hydrogen-bond acceptors (Lipinski definition) is 6. The fourth-order valence-corrected chi connectivity index (χ4v) is 1.92. The van der Waals surface area contributed by atoms with Gasteiger partial charge in [-0.2, -0.15) is 4.98 Å². The van der Waals surface area contributed by atoms with E-state index in [0.717, 1.165) is 0 Å². The summed E-state index contributed by atoms with van der Waals surface area (Å²) in [4.78, 5) is 15.2. The maximum Gasteiger partial charge on any atom is 0.352 e. The smallest absolute Gasteiger partial charge is 0.352 e. The zero-order chi connectivity index (χ0) is 12.4. The highest BCUT2D eigenvalue weighted by molar-refractivity contribution is 14.1. The SMILES string of the molecule is Nc1ccn(C2OC(CO)=C[C@@H]2OI)c(=O)n1. The third kappa shape index (κ3) is 2.42. The molecule has 2 rings (SSSR count). The van der Waals surface area contributed by atoms with E-state index in [9.17, 15) is 4.79 Å². The molecule has 1 unspecified atom stereocenters. The van der Waals surface area contributed by atoms with Gasteiger partial charge in [0.15, 0.2) is 0 Å². The lowest BCUT2D eigenvalue weighted by atomic mass is 10.3. The van der Waals surface area contributed by atoms with Crippen molar-refractivity contribution in [1.29, 1.82) is 0 Å². The minimum Gasteiger partial charge on any atom is -0.469 e. The van der Waals surface area contributed by atoms with Crippen molar-refractivity contribution in [3.63, 3.8) is 0 Å². The third-order valence-electron chi connectivity index (χ3n) is 2.29. The van der Waals surface area contributed by atoms with Crippen LogP contribution in [0.15, 0.2) is 28.9 Å². The van der Waals surface area contributed by atoms with E-state index in [0.29, 0.717) is 5.76 Å². The molecule has 0 saturated carbocycles. The normalized spacial score (nSPS) is 23.3. The van der Waals surface area contributed by atoms with Crippen molar-refractivity contribution >= 4 is 28.8 Å². The van der Waals surface area contributed by atoms with Crippen LogP contribution in [0.5, 0.6) is 0 Å². The zero-order valence-corrected chi connectivity index (χ0v) is 10.8. The fourth-order valence-electron chi connectivity index (χ4n) is 1.52. The van der Waals surface area contributed by atoms with Gasteiger partial charge in [0.25, 0.3) is 0 Å². The molecule has 2 heterocycles. The van der Waals surface area contributed by atoms with Crippen LogP contribution in [0.2, 0.25) is 0 Å². The molecule has 0 bridgehead atoms. The number of nitrogen functional groups attached to an aromatic ring is 1. The average Bonchev–Trinajstić information content (AvgIpc) is 2.72. The van der Waals surface area contributed by atoms with E-state index in [1.165, 1.54) is 16.8 Å². The largest absolute Gasteiger partial charge is 0.469 e. The first-order valence-electron chi connectivity index (χ1n) is 4.76. The highest BCUT2D eigenvalue weighted by Gasteiger charge is 2.32. The highest BCUT2D eigenvalue weighted by Crippen LogP contribution is 2.28. The molecule has 0 radical (unpaired) electrons. The summed E-state index contributed by atoms with van der Waals surface area (Å²) in [5, 5.41) is 8.98. The topological polar surface area (TPSA) is 99.6 Å². The summed E-state index contributed by atoms with van der Waals surface area (Å²) in [6.07, 6.45) is 1.96. The van der Waals surface area contributed by atoms with Crippen LogP contribution in [0.4, 0.5) is 5.82 Å². The summed E-state index contributed by atoms with van der Waals surface area (Å²) in [7, 11) is 0. The molecule has 1 aliphatic rings. The van der Waals surface area contributed by atoms with Crippen LogP contribution in [-0.2, 0) is 7.80 Å². The molecule has 8 heteroatoms. The van der Waals surface area contributed by atoms with Gasteiger partial charge in [-0.25, -0.2) is 4.79 Å². The van der Waals surface area contributed by atoms with Gasteiger partial charge in [-0.3, -0.25) is 4.57 Å². The maximum absolute atomic E-state index is 11.6. The van der Waals surface area contributed by atoms with Crippen LogP contribution in [0.25, 0.3) is 0 Å². The number of nitrogens with two attached hydrogens (primary N) is 1. The number of rotatable bonds is 3. The number of hydrogen-bond donors (Lipinski definition) is 2. The van der Waals surface area contributed by atoms with Crippen LogP contribution >= 0.6 is 23.0 Å². The monoisotopic (exact) mass is 351 g/mol. The maximum atomic E-state index is 11.6. The molecule has 7 nitrogen and oxygen atoms in total. The molecule has 1 aromatic rings. The van der Waals surface area contributed by atoms with Crippen LogP contribution in [-0.4, -0.2) is 27.4 Å². The predicted molar refractivity (Wildman–Crippen MR) is 67.1 cm³/mol. The Labute approximate surface area is 111 Å². The molecular formula is C9H10IN3O4. The number of aliphatic hydroxyl groups excluding tert-OH is 1. The molecule has 0 saturated heterocycles. The lowest BCUT2D eigenvalue weighted by Gasteiger charge is -2.19. The standard InChI is InChI=1S/C9H10IN3O4/c10-17-6-3-5(4-14)16-8(6)13-2-1-7(11)12-9(13)15/h1-3,6,8,14H,4H2,(H2,11,12,15)/t6-,8?/m0/s1. The van der Waals surface area contributed by atoms with Crippen LogP contribution < -0.4 is 11.4 Å². The summed E-state index contributed by atoms with van der Waals surface area (Å²) in [5.41, 5.74) is 4.87. The predicted octanol–water partition coefficient (Wildman–Crippen LogP) is -0.0343. The van der Waals surface area contributed by atoms with Crippen LogP contribution in [0.1, 0.15) is 6.23 Å². The first-order chi connectivity index (χ1) is 8.15. The van der Waals surface area contributed by atoms with Crippen LogP contribution in [0, 0.1) is 0 Å². The Morgan fingerprint density at radius 3 is 3.06 bits per heavy atom. The van der Waals surface area contributed by atoms with Gasteiger partial charge in [-0.1, -0.05) is 0 Å². The molecule has 0 spiro atoms. The van der Waals surface area contributed by atoms with Crippen molar-refractivity contribution in [2.75, 3.05) is 12.3 Å². The Kier molecular flexibility index (Phi) is 3.64. The number of anilines is 1. The second-order valence-corrected chi connectivity index (χ2v) is 3.90. The van der Waals surface area contributed by atoms with Crippen molar-refractivity contribution in [2.45, 2.75) is 12.3 Å². The Bertz CT molecular complexity index is 501. The molecular weight excluding hydrogens is 341 g/mol. The summed E-state index contributed by atoms with van der Waals surface area (Å²) in [5.74, 6) is 0.506. The average molecular weight is 351 g/mol. The molecule has 3 N–H and O–H groups in total. The molecule has 0 aromatic carbocycles. The summed E-state index contributed by atoms with van der Waals surface area (Å²) < 4.78 is 11.8. The van der Waals surface area contributed by atoms with Crippen molar-refractivity contribution in [3.05, 3.63) is 34.6 Å². The van der Waals surface area contributed by atoms with E-state index in [1.807, 2.05) is 0 Å². The molecule has 2 atom stereocenters. The Balaban J connectivity index is 2.32. The van der Waals surface area contributed by atoms with Crippen molar-refractivity contribution in [3.8, 4) is 0 Å². The highest BCUT2D eigenvalue weighted by atomic mass is 127.